The maximum Gasteiger partial charge on any atom is 0.255 e. The molecule has 3 aromatic rings. The molecule has 2 fully saturated rings. The average Bonchev–Trinajstić information content (AvgIpc) is 3.37. The molecule has 2 aliphatic rings. The first-order valence-electron chi connectivity index (χ1n) is 12.2. The summed E-state index contributed by atoms with van der Waals surface area (Å²) in [4.78, 5) is 26.3. The number of benzene rings is 1. The quantitative estimate of drug-likeness (QED) is 0.634. The number of hydrogen-bond donors (Lipinski definition) is 1. The summed E-state index contributed by atoms with van der Waals surface area (Å²) in [5.41, 5.74) is 4.27. The van der Waals surface area contributed by atoms with Gasteiger partial charge >= 0.3 is 0 Å². The predicted molar refractivity (Wildman–Crippen MR) is 136 cm³/mol. The fraction of sp³-hybridized carbons (Fsp3) is 0.444. The Kier molecular flexibility index (Phi) is 6.48. The number of nitrogens with zero attached hydrogens (tertiary/aromatic N) is 5. The molecule has 1 saturated heterocycles. The second-order valence-corrected chi connectivity index (χ2v) is 9.82. The van der Waals surface area contributed by atoms with Crippen molar-refractivity contribution in [1.82, 2.24) is 24.8 Å². The van der Waals surface area contributed by atoms with Gasteiger partial charge in [0.1, 0.15) is 0 Å². The first kappa shape index (κ1) is 22.7. The molecule has 0 radical (unpaired) electrons. The van der Waals surface area contributed by atoms with Gasteiger partial charge in [-0.1, -0.05) is 24.3 Å². The second kappa shape index (κ2) is 9.68. The number of rotatable bonds is 5. The van der Waals surface area contributed by atoms with Crippen LogP contribution in [0.3, 0.4) is 0 Å². The van der Waals surface area contributed by atoms with Crippen LogP contribution in [0.25, 0.3) is 11.3 Å². The van der Waals surface area contributed by atoms with E-state index < -0.39 is 0 Å². The van der Waals surface area contributed by atoms with E-state index in [9.17, 15) is 4.79 Å². The summed E-state index contributed by atoms with van der Waals surface area (Å²) in [7, 11) is 6.18. The van der Waals surface area contributed by atoms with Gasteiger partial charge in [-0.05, 0) is 62.5 Å². The van der Waals surface area contributed by atoms with E-state index in [2.05, 4.69) is 58.5 Å². The lowest BCUT2D eigenvalue weighted by Gasteiger charge is -2.35. The Hall–Kier alpha value is -3.03. The minimum absolute atomic E-state index is 0.0520. The van der Waals surface area contributed by atoms with Gasteiger partial charge in [-0.3, -0.25) is 14.3 Å². The van der Waals surface area contributed by atoms with Crippen molar-refractivity contribution in [1.29, 1.82) is 0 Å². The van der Waals surface area contributed by atoms with Gasteiger partial charge in [0, 0.05) is 62.8 Å². The van der Waals surface area contributed by atoms with Gasteiger partial charge in [-0.25, -0.2) is 4.98 Å². The summed E-state index contributed by atoms with van der Waals surface area (Å²) in [6, 6.07) is 15.5. The van der Waals surface area contributed by atoms with Crippen molar-refractivity contribution in [2.45, 2.75) is 37.3 Å². The van der Waals surface area contributed by atoms with Crippen molar-refractivity contribution < 1.29 is 0 Å². The summed E-state index contributed by atoms with van der Waals surface area (Å²) in [5, 5.41) is 3.65. The van der Waals surface area contributed by atoms with Gasteiger partial charge in [0.15, 0.2) is 0 Å². The summed E-state index contributed by atoms with van der Waals surface area (Å²) in [6.45, 7) is 2.42. The van der Waals surface area contributed by atoms with E-state index in [4.69, 9.17) is 4.98 Å². The summed E-state index contributed by atoms with van der Waals surface area (Å²) < 4.78 is 1.65. The summed E-state index contributed by atoms with van der Waals surface area (Å²) in [5.74, 6) is 1.37. The SMILES string of the molecule is CN(C)[C@H]1CCC(c2ccc([C@H]3CN(c4nc(-c5ccncc5)cc(=O)n4C)CCN3)cc2)C1. The fourth-order valence-corrected chi connectivity index (χ4v) is 5.37. The highest BCUT2D eigenvalue weighted by Gasteiger charge is 2.28. The molecule has 1 aliphatic heterocycles. The maximum absolute atomic E-state index is 12.7. The van der Waals surface area contributed by atoms with Crippen LogP contribution in [0.5, 0.6) is 0 Å². The molecule has 7 nitrogen and oxygen atoms in total. The first-order valence-corrected chi connectivity index (χ1v) is 12.2. The normalized spacial score (nSPS) is 22.9. The molecular formula is C27H34N6O. The third-order valence-corrected chi connectivity index (χ3v) is 7.49. The van der Waals surface area contributed by atoms with Gasteiger partial charge in [0.2, 0.25) is 5.95 Å². The van der Waals surface area contributed by atoms with Gasteiger partial charge in [0.25, 0.3) is 5.56 Å². The Balaban J connectivity index is 1.34. The maximum atomic E-state index is 12.7. The molecule has 3 atom stereocenters. The highest BCUT2D eigenvalue weighted by molar-refractivity contribution is 5.59. The molecule has 1 N–H and O–H groups in total. The fourth-order valence-electron chi connectivity index (χ4n) is 5.37. The molecule has 2 aromatic heterocycles. The molecule has 34 heavy (non-hydrogen) atoms. The molecule has 1 aromatic carbocycles. The van der Waals surface area contributed by atoms with Crippen molar-refractivity contribution in [2.24, 2.45) is 7.05 Å². The van der Waals surface area contributed by atoms with E-state index in [0.29, 0.717) is 23.6 Å². The van der Waals surface area contributed by atoms with E-state index in [0.717, 1.165) is 25.2 Å². The van der Waals surface area contributed by atoms with Crippen LogP contribution in [0.2, 0.25) is 0 Å². The Morgan fingerprint density at radius 1 is 1.03 bits per heavy atom. The molecule has 0 amide bonds. The average molecular weight is 459 g/mol. The molecule has 3 heterocycles. The van der Waals surface area contributed by atoms with Crippen molar-refractivity contribution in [2.75, 3.05) is 38.6 Å². The van der Waals surface area contributed by atoms with Gasteiger partial charge < -0.3 is 15.1 Å². The molecular weight excluding hydrogens is 424 g/mol. The van der Waals surface area contributed by atoms with Crippen LogP contribution in [0, 0.1) is 0 Å². The number of aromatic nitrogens is 3. The van der Waals surface area contributed by atoms with Crippen LogP contribution in [0.4, 0.5) is 5.95 Å². The van der Waals surface area contributed by atoms with Crippen molar-refractivity contribution in [3.05, 3.63) is 76.3 Å². The molecule has 1 saturated carbocycles. The van der Waals surface area contributed by atoms with Crippen LogP contribution in [0.15, 0.2) is 59.7 Å². The van der Waals surface area contributed by atoms with Crippen molar-refractivity contribution >= 4 is 5.95 Å². The van der Waals surface area contributed by atoms with Crippen LogP contribution >= 0.6 is 0 Å². The van der Waals surface area contributed by atoms with Gasteiger partial charge in [-0.2, -0.15) is 0 Å². The number of piperazine rings is 1. The lowest BCUT2D eigenvalue weighted by Crippen LogP contribution is -2.47. The smallest absolute Gasteiger partial charge is 0.255 e. The zero-order valence-corrected chi connectivity index (χ0v) is 20.3. The van der Waals surface area contributed by atoms with E-state index in [1.54, 1.807) is 30.1 Å². The molecule has 1 unspecified atom stereocenters. The molecule has 7 heteroatoms. The van der Waals surface area contributed by atoms with Gasteiger partial charge in [-0.15, -0.1) is 0 Å². The van der Waals surface area contributed by atoms with E-state index >= 15 is 0 Å². The van der Waals surface area contributed by atoms with Gasteiger partial charge in [0.05, 0.1) is 5.69 Å². The Morgan fingerprint density at radius 3 is 2.47 bits per heavy atom. The molecule has 178 valence electrons. The lowest BCUT2D eigenvalue weighted by atomic mass is 9.94. The number of nitrogens with one attached hydrogen (secondary N) is 1. The van der Waals surface area contributed by atoms with E-state index in [1.165, 1.54) is 30.4 Å². The number of pyridine rings is 1. The van der Waals surface area contributed by atoms with Crippen LogP contribution in [-0.4, -0.2) is 59.2 Å². The highest BCUT2D eigenvalue weighted by atomic mass is 16.1. The molecule has 0 spiro atoms. The molecule has 1 aliphatic carbocycles. The standard InChI is InChI=1S/C27H34N6O/c1-31(2)23-9-8-22(16-23)19-4-6-20(7-5-19)25-18-33(15-14-29-25)27-30-24(17-26(34)32(27)3)21-10-12-28-13-11-21/h4-7,10-13,17,22-23,25,29H,8-9,14-16,18H2,1-3H3/t22?,23-,25+/m0/s1. The Bertz CT molecular complexity index is 1170. The highest BCUT2D eigenvalue weighted by Crippen LogP contribution is 2.36. The number of anilines is 1. The lowest BCUT2D eigenvalue weighted by molar-refractivity contribution is 0.296. The number of hydrogen-bond acceptors (Lipinski definition) is 6. The minimum Gasteiger partial charge on any atom is -0.339 e. The van der Waals surface area contributed by atoms with Crippen LogP contribution < -0.4 is 15.8 Å². The zero-order valence-electron chi connectivity index (χ0n) is 20.3. The molecule has 0 bridgehead atoms. The first-order chi connectivity index (χ1) is 16.5. The zero-order chi connectivity index (χ0) is 23.7. The third kappa shape index (κ3) is 4.63. The van der Waals surface area contributed by atoms with Crippen molar-refractivity contribution in [3.63, 3.8) is 0 Å². The predicted octanol–water partition coefficient (Wildman–Crippen LogP) is 3.19. The van der Waals surface area contributed by atoms with Crippen LogP contribution in [-0.2, 0) is 7.05 Å². The van der Waals surface area contributed by atoms with Crippen LogP contribution in [0.1, 0.15) is 42.3 Å². The Morgan fingerprint density at radius 2 is 1.76 bits per heavy atom. The topological polar surface area (TPSA) is 66.3 Å². The third-order valence-electron chi connectivity index (χ3n) is 7.49. The summed E-state index contributed by atoms with van der Waals surface area (Å²) >= 11 is 0. The second-order valence-electron chi connectivity index (χ2n) is 9.82. The van der Waals surface area contributed by atoms with E-state index in [-0.39, 0.29) is 11.6 Å². The Labute approximate surface area is 201 Å². The molecule has 5 rings (SSSR count). The van der Waals surface area contributed by atoms with Crippen molar-refractivity contribution in [3.8, 4) is 11.3 Å². The monoisotopic (exact) mass is 458 g/mol. The largest absolute Gasteiger partial charge is 0.339 e. The minimum atomic E-state index is -0.0520. The van der Waals surface area contributed by atoms with E-state index in [1.807, 2.05) is 12.1 Å². The summed E-state index contributed by atoms with van der Waals surface area (Å²) in [6.07, 6.45) is 7.25.